The Morgan fingerprint density at radius 3 is 2.87 bits per heavy atom. The van der Waals surface area contributed by atoms with E-state index < -0.39 is 5.60 Å². The molecule has 6 nitrogen and oxygen atoms in total. The lowest BCUT2D eigenvalue weighted by molar-refractivity contribution is -0.145. The van der Waals surface area contributed by atoms with Crippen molar-refractivity contribution in [2.75, 3.05) is 19.7 Å². The first-order valence-corrected chi connectivity index (χ1v) is 11.2. The van der Waals surface area contributed by atoms with Crippen LogP contribution in [0.2, 0.25) is 0 Å². The zero-order valence-corrected chi connectivity index (χ0v) is 17.3. The van der Waals surface area contributed by atoms with Crippen molar-refractivity contribution < 1.29 is 19.1 Å². The van der Waals surface area contributed by atoms with Crippen LogP contribution in [0.3, 0.4) is 0 Å². The number of ether oxygens (including phenoxy) is 1. The highest BCUT2D eigenvalue weighted by atomic mass is 16.5. The highest BCUT2D eigenvalue weighted by Gasteiger charge is 2.43. The van der Waals surface area contributed by atoms with E-state index in [4.69, 9.17) is 9.15 Å². The third-order valence-corrected chi connectivity index (χ3v) is 7.34. The predicted molar refractivity (Wildman–Crippen MR) is 113 cm³/mol. The number of aliphatic hydroxyl groups is 1. The molecule has 3 aliphatic rings. The minimum Gasteiger partial charge on any atom is -0.484 e. The smallest absolute Gasteiger partial charge is 0.339 e. The summed E-state index contributed by atoms with van der Waals surface area (Å²) in [7, 11) is 0. The second-order valence-corrected chi connectivity index (χ2v) is 9.14. The van der Waals surface area contributed by atoms with E-state index in [1.807, 2.05) is 17.0 Å². The summed E-state index contributed by atoms with van der Waals surface area (Å²) >= 11 is 0. The van der Waals surface area contributed by atoms with Gasteiger partial charge in [0.25, 0.3) is 5.91 Å². The average Bonchev–Trinajstić information content (AvgIpc) is 2.77. The van der Waals surface area contributed by atoms with E-state index in [2.05, 4.69) is 0 Å². The number of piperidine rings is 1. The van der Waals surface area contributed by atoms with Crippen LogP contribution in [0.4, 0.5) is 0 Å². The number of aryl methyl sites for hydroxylation is 1. The third kappa shape index (κ3) is 3.51. The Hall–Kier alpha value is -2.34. The molecule has 2 heterocycles. The fourth-order valence-electron chi connectivity index (χ4n) is 5.55. The van der Waals surface area contributed by atoms with E-state index in [1.54, 1.807) is 6.07 Å². The normalized spacial score (nSPS) is 26.2. The molecule has 6 heteroatoms. The first-order valence-electron chi connectivity index (χ1n) is 11.2. The van der Waals surface area contributed by atoms with Gasteiger partial charge in [0.1, 0.15) is 11.3 Å². The van der Waals surface area contributed by atoms with Gasteiger partial charge in [-0.25, -0.2) is 4.79 Å². The van der Waals surface area contributed by atoms with Crippen LogP contribution in [0.15, 0.2) is 27.4 Å². The highest BCUT2D eigenvalue weighted by molar-refractivity contribution is 5.83. The molecule has 30 heavy (non-hydrogen) atoms. The van der Waals surface area contributed by atoms with Gasteiger partial charge in [0, 0.05) is 36.0 Å². The molecule has 1 aliphatic heterocycles. The van der Waals surface area contributed by atoms with Gasteiger partial charge in [-0.15, -0.1) is 0 Å². The molecule has 1 saturated heterocycles. The molecular formula is C24H29NO5. The molecule has 1 saturated carbocycles. The van der Waals surface area contributed by atoms with E-state index in [9.17, 15) is 14.7 Å². The van der Waals surface area contributed by atoms with Crippen molar-refractivity contribution >= 4 is 16.9 Å². The van der Waals surface area contributed by atoms with Crippen molar-refractivity contribution in [2.45, 2.75) is 63.4 Å². The molecule has 1 amide bonds. The predicted octanol–water partition coefficient (Wildman–Crippen LogP) is 3.20. The van der Waals surface area contributed by atoms with Gasteiger partial charge in [-0.1, -0.05) is 12.8 Å². The van der Waals surface area contributed by atoms with Crippen molar-refractivity contribution in [3.63, 3.8) is 0 Å². The number of nitrogens with zero attached hydrogens (tertiary/aromatic N) is 1. The lowest BCUT2D eigenvalue weighted by atomic mass is 9.71. The number of fused-ring (bicyclic) bond motifs is 4. The lowest BCUT2D eigenvalue weighted by Gasteiger charge is -2.47. The Morgan fingerprint density at radius 2 is 2.00 bits per heavy atom. The second kappa shape index (κ2) is 7.73. The maximum absolute atomic E-state index is 12.7. The average molecular weight is 411 g/mol. The van der Waals surface area contributed by atoms with E-state index >= 15 is 0 Å². The van der Waals surface area contributed by atoms with Crippen LogP contribution in [0.1, 0.15) is 56.1 Å². The van der Waals surface area contributed by atoms with Gasteiger partial charge in [0.15, 0.2) is 6.61 Å². The molecular weight excluding hydrogens is 382 g/mol. The maximum atomic E-state index is 12.7. The van der Waals surface area contributed by atoms with Crippen LogP contribution in [0.25, 0.3) is 11.0 Å². The summed E-state index contributed by atoms with van der Waals surface area (Å²) in [6, 6.07) is 5.50. The zero-order chi connectivity index (χ0) is 20.7. The van der Waals surface area contributed by atoms with Gasteiger partial charge in [0.05, 0.1) is 5.60 Å². The molecule has 0 radical (unpaired) electrons. The second-order valence-electron chi connectivity index (χ2n) is 9.14. The number of hydrogen-bond donors (Lipinski definition) is 1. The van der Waals surface area contributed by atoms with Crippen molar-refractivity contribution in [3.8, 4) is 5.75 Å². The number of benzene rings is 1. The molecule has 2 aromatic rings. The molecule has 0 bridgehead atoms. The quantitative estimate of drug-likeness (QED) is 0.785. The van der Waals surface area contributed by atoms with Crippen LogP contribution in [-0.4, -0.2) is 41.2 Å². The molecule has 2 aliphatic carbocycles. The minimum absolute atomic E-state index is 0.0498. The Morgan fingerprint density at radius 1 is 1.17 bits per heavy atom. The van der Waals surface area contributed by atoms with Gasteiger partial charge in [-0.2, -0.15) is 0 Å². The van der Waals surface area contributed by atoms with Crippen molar-refractivity contribution in [2.24, 2.45) is 5.92 Å². The fraction of sp³-hybridized carbons (Fsp3) is 0.583. The van der Waals surface area contributed by atoms with Crippen LogP contribution in [0.5, 0.6) is 5.75 Å². The van der Waals surface area contributed by atoms with E-state index in [-0.39, 0.29) is 24.1 Å². The van der Waals surface area contributed by atoms with Gasteiger partial charge in [-0.05, 0) is 62.6 Å². The number of hydrogen-bond acceptors (Lipinski definition) is 5. The Balaban J connectivity index is 1.27. The first kappa shape index (κ1) is 19.6. The van der Waals surface area contributed by atoms with Crippen LogP contribution >= 0.6 is 0 Å². The summed E-state index contributed by atoms with van der Waals surface area (Å²) in [5.41, 5.74) is 1.59. The Labute approximate surface area is 175 Å². The molecule has 0 spiro atoms. The van der Waals surface area contributed by atoms with Crippen LogP contribution in [0, 0.1) is 5.92 Å². The minimum atomic E-state index is -0.592. The third-order valence-electron chi connectivity index (χ3n) is 7.34. The topological polar surface area (TPSA) is 80.0 Å². The fourth-order valence-corrected chi connectivity index (χ4v) is 5.55. The van der Waals surface area contributed by atoms with E-state index in [0.717, 1.165) is 67.9 Å². The van der Waals surface area contributed by atoms with E-state index in [1.165, 1.54) is 0 Å². The Kier molecular flexibility index (Phi) is 5.05. The number of amides is 1. The maximum Gasteiger partial charge on any atom is 0.339 e. The monoisotopic (exact) mass is 411 g/mol. The number of rotatable bonds is 3. The van der Waals surface area contributed by atoms with Crippen LogP contribution in [-0.2, 0) is 17.6 Å². The molecule has 0 unspecified atom stereocenters. The summed E-state index contributed by atoms with van der Waals surface area (Å²) in [4.78, 5) is 26.8. The molecule has 1 aromatic heterocycles. The molecule has 5 rings (SSSR count). The number of carbonyl (C=O) groups excluding carboxylic acids is 1. The van der Waals surface area contributed by atoms with Crippen molar-refractivity contribution in [1.82, 2.24) is 4.90 Å². The summed E-state index contributed by atoms with van der Waals surface area (Å²) in [5.74, 6) is 0.639. The van der Waals surface area contributed by atoms with Gasteiger partial charge >= 0.3 is 5.63 Å². The molecule has 1 N–H and O–H groups in total. The zero-order valence-electron chi connectivity index (χ0n) is 17.3. The van der Waals surface area contributed by atoms with E-state index in [0.29, 0.717) is 30.8 Å². The van der Waals surface area contributed by atoms with Gasteiger partial charge in [0.2, 0.25) is 0 Å². The van der Waals surface area contributed by atoms with Crippen molar-refractivity contribution in [1.29, 1.82) is 0 Å². The Bertz CT molecular complexity index is 1030. The molecule has 2 fully saturated rings. The summed E-state index contributed by atoms with van der Waals surface area (Å²) in [6.07, 6.45) is 8.48. The highest BCUT2D eigenvalue weighted by Crippen LogP contribution is 2.39. The summed E-state index contributed by atoms with van der Waals surface area (Å²) < 4.78 is 11.3. The van der Waals surface area contributed by atoms with Gasteiger partial charge < -0.3 is 19.2 Å². The molecule has 1 aromatic carbocycles. The lowest BCUT2D eigenvalue weighted by Crippen LogP contribution is -2.55. The number of likely N-dealkylation sites (tertiary alicyclic amines) is 1. The summed E-state index contributed by atoms with van der Waals surface area (Å²) in [5, 5.41) is 11.8. The molecule has 160 valence electrons. The van der Waals surface area contributed by atoms with Gasteiger partial charge in [-0.3, -0.25) is 4.79 Å². The van der Waals surface area contributed by atoms with Crippen molar-refractivity contribution in [3.05, 3.63) is 39.7 Å². The number of carbonyl (C=O) groups is 1. The largest absolute Gasteiger partial charge is 0.484 e. The SMILES string of the molecule is O=C(COc1ccc2c3c(c(=O)oc2c1)CCCC3)N1CC[C@]2(O)CCCC[C@H]2C1. The van der Waals surface area contributed by atoms with Crippen LogP contribution < -0.4 is 10.4 Å². The standard InChI is InChI=1S/C24H29NO5/c26-22(25-12-11-24(28)10-4-3-5-16(24)14-25)15-29-17-8-9-19-18-6-1-2-7-20(18)23(27)30-21(19)13-17/h8-9,13,16,28H,1-7,10-12,14-15H2/t16-,24+/m0/s1. The molecule has 2 atom stereocenters. The first-order chi connectivity index (χ1) is 14.5. The summed E-state index contributed by atoms with van der Waals surface area (Å²) in [6.45, 7) is 1.14.